The van der Waals surface area contributed by atoms with Crippen LogP contribution in [0.1, 0.15) is 53.9 Å². The van der Waals surface area contributed by atoms with Crippen molar-refractivity contribution in [2.75, 3.05) is 32.7 Å². The van der Waals surface area contributed by atoms with Gasteiger partial charge in [0.25, 0.3) is 0 Å². The highest BCUT2D eigenvalue weighted by atomic mass is 15.3. The van der Waals surface area contributed by atoms with Gasteiger partial charge in [-0.1, -0.05) is 27.7 Å². The topological polar surface area (TPSA) is 18.5 Å². The molecule has 0 aromatic carbocycles. The summed E-state index contributed by atoms with van der Waals surface area (Å²) in [5, 5.41) is 3.75. The minimum Gasteiger partial charge on any atom is -0.311 e. The van der Waals surface area contributed by atoms with Crippen molar-refractivity contribution in [1.82, 2.24) is 15.1 Å². The van der Waals surface area contributed by atoms with Crippen molar-refractivity contribution >= 4 is 0 Å². The van der Waals surface area contributed by atoms with Crippen LogP contribution in [0.3, 0.4) is 0 Å². The number of nitrogens with zero attached hydrogens (tertiary/aromatic N) is 2. The lowest BCUT2D eigenvalue weighted by atomic mass is 9.84. The smallest absolute Gasteiger partial charge is 0.0244 e. The molecular weight excluding hydrogens is 246 g/mol. The molecule has 2 fully saturated rings. The molecule has 0 bridgehead atoms. The van der Waals surface area contributed by atoms with E-state index in [0.717, 1.165) is 12.6 Å². The molecule has 118 valence electrons. The molecule has 0 radical (unpaired) electrons. The molecule has 3 heteroatoms. The summed E-state index contributed by atoms with van der Waals surface area (Å²) in [6.45, 7) is 18.0. The molecule has 2 aliphatic heterocycles. The van der Waals surface area contributed by atoms with E-state index in [0.29, 0.717) is 17.5 Å². The fraction of sp³-hybridized carbons (Fsp3) is 1.00. The second-order valence-electron chi connectivity index (χ2n) is 7.95. The lowest BCUT2D eigenvalue weighted by Gasteiger charge is -2.49. The van der Waals surface area contributed by atoms with E-state index >= 15 is 0 Å². The van der Waals surface area contributed by atoms with Crippen molar-refractivity contribution in [3.05, 3.63) is 0 Å². The third kappa shape index (κ3) is 3.96. The Kier molecular flexibility index (Phi) is 5.49. The maximum Gasteiger partial charge on any atom is 0.0244 e. The molecule has 0 saturated carbocycles. The van der Waals surface area contributed by atoms with E-state index < -0.39 is 0 Å². The Hall–Kier alpha value is -0.120. The quantitative estimate of drug-likeness (QED) is 0.858. The minimum absolute atomic E-state index is 0.362. The summed E-state index contributed by atoms with van der Waals surface area (Å²) in [5.74, 6) is 0. The van der Waals surface area contributed by atoms with Gasteiger partial charge in [-0.2, -0.15) is 0 Å². The lowest BCUT2D eigenvalue weighted by molar-refractivity contribution is 0.0278. The SMILES string of the molecule is CCCN1CCC(N2CC(C(C)(C)C)NCC2C)CC1. The monoisotopic (exact) mass is 281 g/mol. The van der Waals surface area contributed by atoms with Crippen LogP contribution in [0, 0.1) is 5.41 Å². The van der Waals surface area contributed by atoms with Gasteiger partial charge in [-0.25, -0.2) is 0 Å². The Labute approximate surface area is 126 Å². The molecule has 1 N–H and O–H groups in total. The number of piperazine rings is 1. The molecule has 2 rings (SSSR count). The van der Waals surface area contributed by atoms with Crippen LogP contribution in [-0.2, 0) is 0 Å². The summed E-state index contributed by atoms with van der Waals surface area (Å²) in [5.41, 5.74) is 0.362. The van der Waals surface area contributed by atoms with Crippen LogP contribution in [0.15, 0.2) is 0 Å². The zero-order valence-electron chi connectivity index (χ0n) is 14.3. The maximum atomic E-state index is 3.75. The van der Waals surface area contributed by atoms with Gasteiger partial charge in [0.1, 0.15) is 0 Å². The van der Waals surface area contributed by atoms with Gasteiger partial charge < -0.3 is 10.2 Å². The van der Waals surface area contributed by atoms with E-state index in [-0.39, 0.29) is 0 Å². The second-order valence-corrected chi connectivity index (χ2v) is 7.95. The number of hydrogen-bond donors (Lipinski definition) is 1. The molecule has 2 atom stereocenters. The van der Waals surface area contributed by atoms with Gasteiger partial charge in [0.05, 0.1) is 0 Å². The summed E-state index contributed by atoms with van der Waals surface area (Å²) in [6.07, 6.45) is 4.02. The highest BCUT2D eigenvalue weighted by Gasteiger charge is 2.36. The van der Waals surface area contributed by atoms with Crippen molar-refractivity contribution in [1.29, 1.82) is 0 Å². The summed E-state index contributed by atoms with van der Waals surface area (Å²) in [4.78, 5) is 5.44. The van der Waals surface area contributed by atoms with Crippen LogP contribution in [0.2, 0.25) is 0 Å². The fourth-order valence-corrected chi connectivity index (χ4v) is 3.77. The van der Waals surface area contributed by atoms with Crippen molar-refractivity contribution in [3.8, 4) is 0 Å². The van der Waals surface area contributed by atoms with Crippen LogP contribution >= 0.6 is 0 Å². The highest BCUT2D eigenvalue weighted by molar-refractivity contribution is 4.94. The van der Waals surface area contributed by atoms with Crippen LogP contribution in [-0.4, -0.2) is 60.6 Å². The number of nitrogens with one attached hydrogen (secondary N) is 1. The fourth-order valence-electron chi connectivity index (χ4n) is 3.77. The lowest BCUT2D eigenvalue weighted by Crippen LogP contribution is -2.62. The Morgan fingerprint density at radius 1 is 1.15 bits per heavy atom. The molecule has 2 saturated heterocycles. The largest absolute Gasteiger partial charge is 0.311 e. The highest BCUT2D eigenvalue weighted by Crippen LogP contribution is 2.27. The predicted octanol–water partition coefficient (Wildman–Crippen LogP) is 2.57. The standard InChI is InChI=1S/C17H35N3/c1-6-9-19-10-7-15(8-11-19)20-13-16(17(3,4)5)18-12-14(20)2/h14-16,18H,6-13H2,1-5H3. The normalized spacial score (nSPS) is 31.6. The summed E-state index contributed by atoms with van der Waals surface area (Å²) < 4.78 is 0. The van der Waals surface area contributed by atoms with E-state index in [1.165, 1.54) is 45.4 Å². The van der Waals surface area contributed by atoms with Crippen LogP contribution in [0.4, 0.5) is 0 Å². The van der Waals surface area contributed by atoms with E-state index in [2.05, 4.69) is 49.7 Å². The van der Waals surface area contributed by atoms with Crippen molar-refractivity contribution in [2.45, 2.75) is 72.0 Å². The Bertz CT molecular complexity index is 289. The zero-order chi connectivity index (χ0) is 14.8. The minimum atomic E-state index is 0.362. The molecule has 20 heavy (non-hydrogen) atoms. The first-order valence-electron chi connectivity index (χ1n) is 8.63. The Morgan fingerprint density at radius 3 is 2.35 bits per heavy atom. The van der Waals surface area contributed by atoms with Gasteiger partial charge in [-0.05, 0) is 51.2 Å². The van der Waals surface area contributed by atoms with Gasteiger partial charge >= 0.3 is 0 Å². The molecule has 0 aromatic rings. The first-order valence-corrected chi connectivity index (χ1v) is 8.63. The van der Waals surface area contributed by atoms with Crippen molar-refractivity contribution < 1.29 is 0 Å². The molecule has 2 heterocycles. The van der Waals surface area contributed by atoms with Crippen LogP contribution < -0.4 is 5.32 Å². The van der Waals surface area contributed by atoms with Gasteiger partial charge in [0.15, 0.2) is 0 Å². The summed E-state index contributed by atoms with van der Waals surface area (Å²) in [7, 11) is 0. The van der Waals surface area contributed by atoms with Crippen molar-refractivity contribution in [2.24, 2.45) is 5.41 Å². The third-order valence-corrected chi connectivity index (χ3v) is 5.23. The number of hydrogen-bond acceptors (Lipinski definition) is 3. The molecule has 0 aliphatic carbocycles. The second kappa shape index (κ2) is 6.76. The van der Waals surface area contributed by atoms with Gasteiger partial charge in [0, 0.05) is 31.2 Å². The number of piperidine rings is 1. The Morgan fingerprint density at radius 2 is 1.80 bits per heavy atom. The molecule has 2 aliphatic rings. The molecule has 0 amide bonds. The van der Waals surface area contributed by atoms with Gasteiger partial charge in [-0.3, -0.25) is 4.90 Å². The Balaban J connectivity index is 1.90. The summed E-state index contributed by atoms with van der Waals surface area (Å²) in [6, 6.07) is 2.13. The first kappa shape index (κ1) is 16.3. The van der Waals surface area contributed by atoms with Crippen molar-refractivity contribution in [3.63, 3.8) is 0 Å². The molecule has 0 spiro atoms. The van der Waals surface area contributed by atoms with Crippen LogP contribution in [0.25, 0.3) is 0 Å². The summed E-state index contributed by atoms with van der Waals surface area (Å²) >= 11 is 0. The van der Waals surface area contributed by atoms with E-state index in [4.69, 9.17) is 0 Å². The first-order chi connectivity index (χ1) is 9.41. The molecule has 0 aromatic heterocycles. The van der Waals surface area contributed by atoms with Gasteiger partial charge in [0.2, 0.25) is 0 Å². The van der Waals surface area contributed by atoms with E-state index in [1.807, 2.05) is 0 Å². The van der Waals surface area contributed by atoms with Gasteiger partial charge in [-0.15, -0.1) is 0 Å². The average Bonchev–Trinajstić information content (AvgIpc) is 2.39. The average molecular weight is 281 g/mol. The predicted molar refractivity (Wildman–Crippen MR) is 87.2 cm³/mol. The van der Waals surface area contributed by atoms with E-state index in [9.17, 15) is 0 Å². The number of rotatable bonds is 3. The maximum absolute atomic E-state index is 3.75. The molecule has 3 nitrogen and oxygen atoms in total. The third-order valence-electron chi connectivity index (χ3n) is 5.23. The van der Waals surface area contributed by atoms with E-state index in [1.54, 1.807) is 0 Å². The number of likely N-dealkylation sites (tertiary alicyclic amines) is 1. The molecule has 2 unspecified atom stereocenters. The molecular formula is C17H35N3. The zero-order valence-corrected chi connectivity index (χ0v) is 14.3. The van der Waals surface area contributed by atoms with Crippen LogP contribution in [0.5, 0.6) is 0 Å².